The van der Waals surface area contributed by atoms with Crippen LogP contribution in [0, 0.1) is 0 Å². The van der Waals surface area contributed by atoms with E-state index in [0.717, 1.165) is 0 Å². The molecule has 0 aromatic rings. The van der Waals surface area contributed by atoms with Gasteiger partial charge >= 0.3 is 5.97 Å². The molecule has 5 nitrogen and oxygen atoms in total. The van der Waals surface area contributed by atoms with E-state index in [1.807, 2.05) is 13.8 Å². The molecule has 0 saturated carbocycles. The molecule has 2 atom stereocenters. The minimum Gasteiger partial charge on any atom is -0.462 e. The Balaban J connectivity index is 2.84. The predicted octanol–water partition coefficient (Wildman–Crippen LogP) is 4.37. The lowest BCUT2D eigenvalue weighted by Crippen LogP contribution is -2.44. The van der Waals surface area contributed by atoms with E-state index in [9.17, 15) is 4.79 Å². The number of ether oxygens (including phenoxy) is 3. The highest BCUT2D eigenvalue weighted by Gasteiger charge is 2.43. The van der Waals surface area contributed by atoms with E-state index in [1.54, 1.807) is 13.0 Å². The van der Waals surface area contributed by atoms with Crippen molar-refractivity contribution in [2.45, 2.75) is 77.7 Å². The first-order valence-electron chi connectivity index (χ1n) is 8.33. The second-order valence-corrected chi connectivity index (χ2v) is 13.6. The summed E-state index contributed by atoms with van der Waals surface area (Å²) in [4.78, 5) is 11.8. The van der Waals surface area contributed by atoms with Crippen molar-refractivity contribution in [1.82, 2.24) is 0 Å². The fourth-order valence-electron chi connectivity index (χ4n) is 2.05. The second-order valence-electron chi connectivity index (χ2n) is 7.94. The van der Waals surface area contributed by atoms with Gasteiger partial charge in [-0.2, -0.15) is 0 Å². The minimum atomic E-state index is -1.88. The van der Waals surface area contributed by atoms with Gasteiger partial charge in [0.25, 0.3) is 0 Å². The summed E-state index contributed by atoms with van der Waals surface area (Å²) in [6, 6.07) is 0. The van der Waals surface area contributed by atoms with Crippen LogP contribution in [0.4, 0.5) is 0 Å². The highest BCUT2D eigenvalue weighted by atomic mass is 79.9. The molecule has 140 valence electrons. The molecule has 0 aliphatic carbocycles. The monoisotopic (exact) mass is 422 g/mol. The molecule has 0 bridgehead atoms. The molecule has 0 radical (unpaired) electrons. The molecule has 0 aromatic carbocycles. The van der Waals surface area contributed by atoms with Crippen LogP contribution < -0.4 is 0 Å². The van der Waals surface area contributed by atoms with Gasteiger partial charge in [-0.05, 0) is 60.9 Å². The van der Waals surface area contributed by atoms with E-state index in [2.05, 4.69) is 49.8 Å². The van der Waals surface area contributed by atoms with Gasteiger partial charge in [-0.1, -0.05) is 20.8 Å². The van der Waals surface area contributed by atoms with Gasteiger partial charge in [0.05, 0.1) is 13.2 Å². The molecule has 1 fully saturated rings. The van der Waals surface area contributed by atoms with Gasteiger partial charge in [-0.25, -0.2) is 4.79 Å². The molecule has 1 saturated heterocycles. The van der Waals surface area contributed by atoms with Crippen molar-refractivity contribution in [1.29, 1.82) is 0 Å². The second kappa shape index (κ2) is 7.99. The van der Waals surface area contributed by atoms with Crippen molar-refractivity contribution in [2.24, 2.45) is 0 Å². The third-order valence-electron chi connectivity index (χ3n) is 4.42. The molecule has 1 aliphatic rings. The smallest absolute Gasteiger partial charge is 0.344 e. The molecule has 0 N–H and O–H groups in total. The maximum absolute atomic E-state index is 11.8. The van der Waals surface area contributed by atoms with E-state index in [-0.39, 0.29) is 17.2 Å². The van der Waals surface area contributed by atoms with E-state index < -0.39 is 20.1 Å². The number of hydrogen-bond donors (Lipinski definition) is 0. The van der Waals surface area contributed by atoms with E-state index in [0.29, 0.717) is 17.7 Å². The van der Waals surface area contributed by atoms with Crippen LogP contribution in [0.3, 0.4) is 0 Å². The van der Waals surface area contributed by atoms with Gasteiger partial charge in [0.1, 0.15) is 16.7 Å². The Bertz CT molecular complexity index is 482. The zero-order valence-electron chi connectivity index (χ0n) is 16.1. The van der Waals surface area contributed by atoms with Crippen LogP contribution in [-0.4, -0.2) is 45.5 Å². The van der Waals surface area contributed by atoms with Crippen LogP contribution in [0.5, 0.6) is 0 Å². The Hall–Kier alpha value is -0.213. The summed E-state index contributed by atoms with van der Waals surface area (Å²) < 4.78 is 23.5. The molecule has 0 spiro atoms. The number of carbonyl (C=O) groups excluding carboxylic acids is 1. The van der Waals surface area contributed by atoms with Crippen molar-refractivity contribution < 1.29 is 23.4 Å². The molecule has 24 heavy (non-hydrogen) atoms. The maximum atomic E-state index is 11.8. The van der Waals surface area contributed by atoms with Crippen LogP contribution in [0.2, 0.25) is 18.1 Å². The van der Waals surface area contributed by atoms with Crippen LogP contribution >= 0.6 is 15.9 Å². The Kier molecular flexibility index (Phi) is 7.27. The number of halogens is 1. The maximum Gasteiger partial charge on any atom is 0.344 e. The molecule has 7 heteroatoms. The first kappa shape index (κ1) is 21.8. The summed E-state index contributed by atoms with van der Waals surface area (Å²) in [6.45, 7) is 17.2. The third-order valence-corrected chi connectivity index (χ3v) is 9.51. The van der Waals surface area contributed by atoms with Crippen molar-refractivity contribution in [3.05, 3.63) is 10.6 Å². The largest absolute Gasteiger partial charge is 0.462 e. The standard InChI is InChI=1S/C17H31BrO5Si/c1-9-20-15(19)12(18)10-13-14(23-17(5,6)22-13)11-21-24(7,8)16(2,3)4/h10,13-14H,9,11H2,1-8H3/b12-10-/t13-,14-/m0/s1. The third kappa shape index (κ3) is 5.95. The SMILES string of the molecule is CCOC(=O)/C(Br)=C/[C@@H]1OC(C)(C)O[C@H]1CO[Si](C)(C)C(C)(C)C. The fraction of sp³-hybridized carbons (Fsp3) is 0.824. The van der Waals surface area contributed by atoms with Crippen LogP contribution in [0.25, 0.3) is 0 Å². The number of esters is 1. The first-order valence-corrected chi connectivity index (χ1v) is 12.0. The summed E-state index contributed by atoms with van der Waals surface area (Å²) in [5.74, 6) is -1.13. The molecule has 0 aromatic heterocycles. The van der Waals surface area contributed by atoms with E-state index in [4.69, 9.17) is 18.6 Å². The highest BCUT2D eigenvalue weighted by Crippen LogP contribution is 2.38. The molecular weight excluding hydrogens is 392 g/mol. The van der Waals surface area contributed by atoms with Crippen molar-refractivity contribution in [2.75, 3.05) is 13.2 Å². The normalized spacial score (nSPS) is 25.0. The summed E-state index contributed by atoms with van der Waals surface area (Å²) in [5, 5.41) is 0.124. The van der Waals surface area contributed by atoms with E-state index >= 15 is 0 Å². The summed E-state index contributed by atoms with van der Waals surface area (Å²) in [5.41, 5.74) is 0. The van der Waals surface area contributed by atoms with Crippen LogP contribution in [0.15, 0.2) is 10.6 Å². The zero-order valence-corrected chi connectivity index (χ0v) is 18.7. The van der Waals surface area contributed by atoms with Gasteiger partial charge in [-0.3, -0.25) is 0 Å². The number of carbonyl (C=O) groups is 1. The van der Waals surface area contributed by atoms with Crippen LogP contribution in [0.1, 0.15) is 41.5 Å². The van der Waals surface area contributed by atoms with Crippen molar-refractivity contribution >= 4 is 30.2 Å². The predicted molar refractivity (Wildman–Crippen MR) is 101 cm³/mol. The highest BCUT2D eigenvalue weighted by molar-refractivity contribution is 9.12. The van der Waals surface area contributed by atoms with Gasteiger partial charge in [0.2, 0.25) is 0 Å². The molecule has 0 amide bonds. The zero-order chi connectivity index (χ0) is 18.8. The van der Waals surface area contributed by atoms with Gasteiger partial charge in [-0.15, -0.1) is 0 Å². The van der Waals surface area contributed by atoms with Crippen molar-refractivity contribution in [3.63, 3.8) is 0 Å². The lowest BCUT2D eigenvalue weighted by Gasteiger charge is -2.37. The minimum absolute atomic E-state index is 0.124. The van der Waals surface area contributed by atoms with Crippen molar-refractivity contribution in [3.8, 4) is 0 Å². The van der Waals surface area contributed by atoms with Gasteiger partial charge < -0.3 is 18.6 Å². The van der Waals surface area contributed by atoms with E-state index in [1.165, 1.54) is 0 Å². The number of hydrogen-bond acceptors (Lipinski definition) is 5. The first-order chi connectivity index (χ1) is 10.8. The quantitative estimate of drug-likeness (QED) is 0.361. The Morgan fingerprint density at radius 3 is 2.38 bits per heavy atom. The average Bonchev–Trinajstić information content (AvgIpc) is 2.69. The average molecular weight is 423 g/mol. The molecule has 1 rings (SSSR count). The molecule has 1 aliphatic heterocycles. The van der Waals surface area contributed by atoms with Gasteiger partial charge in [0, 0.05) is 0 Å². The lowest BCUT2D eigenvalue weighted by atomic mass is 10.2. The molecule has 0 unspecified atom stereocenters. The lowest BCUT2D eigenvalue weighted by molar-refractivity contribution is -0.146. The van der Waals surface area contributed by atoms with Crippen LogP contribution in [-0.2, 0) is 23.4 Å². The van der Waals surface area contributed by atoms with Gasteiger partial charge in [0.15, 0.2) is 14.1 Å². The fourth-order valence-corrected chi connectivity index (χ4v) is 3.44. The Morgan fingerprint density at radius 1 is 1.29 bits per heavy atom. The molecule has 1 heterocycles. The summed E-state index contributed by atoms with van der Waals surface area (Å²) in [6.07, 6.45) is 1.06. The summed E-state index contributed by atoms with van der Waals surface area (Å²) >= 11 is 3.26. The molecular formula is C17H31BrO5Si. The topological polar surface area (TPSA) is 54.0 Å². The number of rotatable bonds is 6. The summed E-state index contributed by atoms with van der Waals surface area (Å²) in [7, 11) is -1.88. The Morgan fingerprint density at radius 2 is 1.88 bits per heavy atom. The Labute approximate surface area is 155 Å².